The van der Waals surface area contributed by atoms with E-state index >= 15 is 0 Å². The van der Waals surface area contributed by atoms with Crippen molar-refractivity contribution < 1.29 is 14.1 Å². The highest BCUT2D eigenvalue weighted by Gasteiger charge is 2.59. The second kappa shape index (κ2) is 4.61. The summed E-state index contributed by atoms with van der Waals surface area (Å²) in [4.78, 5) is 27.6. The molecule has 0 bridgehead atoms. The Kier molecular flexibility index (Phi) is 3.03. The predicted molar refractivity (Wildman–Crippen MR) is 70.9 cm³/mol. The van der Waals surface area contributed by atoms with E-state index in [0.29, 0.717) is 13.1 Å². The fourth-order valence-electron chi connectivity index (χ4n) is 3.20. The smallest absolute Gasteiger partial charge is 0.292 e. The van der Waals surface area contributed by atoms with Crippen LogP contribution in [0.4, 0.5) is 0 Å². The zero-order chi connectivity index (χ0) is 14.3. The number of hydrogen-bond donors (Lipinski definition) is 0. The van der Waals surface area contributed by atoms with Crippen LogP contribution in [0, 0.1) is 11.3 Å². The summed E-state index contributed by atoms with van der Waals surface area (Å²) in [5.41, 5.74) is 0.138. The predicted octanol–water partition coefficient (Wildman–Crippen LogP) is 1.01. The van der Waals surface area contributed by atoms with Crippen molar-refractivity contribution >= 4 is 11.8 Å². The van der Waals surface area contributed by atoms with Crippen LogP contribution < -0.4 is 0 Å². The summed E-state index contributed by atoms with van der Waals surface area (Å²) in [6.07, 6.45) is 4.24. The van der Waals surface area contributed by atoms with Crippen LogP contribution in [-0.2, 0) is 4.79 Å². The molecule has 1 spiro atoms. The Morgan fingerprint density at radius 3 is 2.65 bits per heavy atom. The van der Waals surface area contributed by atoms with Gasteiger partial charge in [-0.1, -0.05) is 5.16 Å². The minimum atomic E-state index is -0.103. The number of carbonyl (C=O) groups excluding carboxylic acids is 2. The van der Waals surface area contributed by atoms with E-state index in [9.17, 15) is 9.59 Å². The largest absolute Gasteiger partial charge is 0.351 e. The fourth-order valence-corrected chi connectivity index (χ4v) is 3.20. The Labute approximate surface area is 117 Å². The molecule has 2 heterocycles. The average Bonchev–Trinajstić information content (AvgIpc) is 2.90. The van der Waals surface area contributed by atoms with Gasteiger partial charge in [0.2, 0.25) is 11.7 Å². The second-order valence-corrected chi connectivity index (χ2v) is 6.02. The van der Waals surface area contributed by atoms with Crippen molar-refractivity contribution in [3.05, 3.63) is 18.0 Å². The van der Waals surface area contributed by atoms with Crippen LogP contribution in [-0.4, -0.2) is 54.0 Å². The number of nitrogens with zero attached hydrogens (tertiary/aromatic N) is 3. The monoisotopic (exact) mass is 277 g/mol. The Balaban J connectivity index is 1.59. The van der Waals surface area contributed by atoms with Crippen molar-refractivity contribution in [1.29, 1.82) is 0 Å². The van der Waals surface area contributed by atoms with Gasteiger partial charge in [-0.2, -0.15) is 0 Å². The normalized spacial score (nSPS) is 23.7. The molecule has 1 saturated heterocycles. The van der Waals surface area contributed by atoms with E-state index in [4.69, 9.17) is 4.52 Å². The first kappa shape index (κ1) is 13.1. The van der Waals surface area contributed by atoms with E-state index in [1.807, 2.05) is 0 Å². The Morgan fingerprint density at radius 2 is 2.10 bits per heavy atom. The molecule has 0 unspecified atom stereocenters. The second-order valence-electron chi connectivity index (χ2n) is 6.02. The standard InChI is InChI=1S/C14H19N3O3/c1-16(2)12(18)10-9-14(10)4-7-17(8-5-14)13(19)11-3-6-15-20-11/h3,6,10H,4-5,7-9H2,1-2H3/t10-/m1/s1. The van der Waals surface area contributed by atoms with Crippen molar-refractivity contribution in [2.24, 2.45) is 11.3 Å². The molecule has 1 aromatic rings. The summed E-state index contributed by atoms with van der Waals surface area (Å²) in [5.74, 6) is 0.561. The SMILES string of the molecule is CN(C)C(=O)[C@H]1CC12CCN(C(=O)c1ccno1)CC2. The molecule has 0 N–H and O–H groups in total. The lowest BCUT2D eigenvalue weighted by Crippen LogP contribution is -2.40. The third-order valence-electron chi connectivity index (χ3n) is 4.62. The molecule has 6 nitrogen and oxygen atoms in total. The van der Waals surface area contributed by atoms with Crippen molar-refractivity contribution in [3.63, 3.8) is 0 Å². The highest BCUT2D eigenvalue weighted by Crippen LogP contribution is 2.59. The molecule has 1 saturated carbocycles. The highest BCUT2D eigenvalue weighted by atomic mass is 16.5. The number of likely N-dealkylation sites (tertiary alicyclic amines) is 1. The number of rotatable bonds is 2. The van der Waals surface area contributed by atoms with E-state index in [1.165, 1.54) is 6.20 Å². The van der Waals surface area contributed by atoms with Gasteiger partial charge >= 0.3 is 0 Å². The van der Waals surface area contributed by atoms with E-state index in [0.717, 1.165) is 19.3 Å². The van der Waals surface area contributed by atoms with Crippen molar-refractivity contribution in [1.82, 2.24) is 15.0 Å². The summed E-state index contributed by atoms with van der Waals surface area (Å²) < 4.78 is 4.90. The molecular formula is C14H19N3O3. The number of amides is 2. The summed E-state index contributed by atoms with van der Waals surface area (Å²) in [6.45, 7) is 1.38. The summed E-state index contributed by atoms with van der Waals surface area (Å²) in [6, 6.07) is 1.59. The molecule has 1 aliphatic carbocycles. The zero-order valence-electron chi connectivity index (χ0n) is 11.8. The Hall–Kier alpha value is -1.85. The molecule has 2 amide bonds. The number of carbonyl (C=O) groups is 2. The molecule has 0 aromatic carbocycles. The van der Waals surface area contributed by atoms with E-state index in [1.54, 1.807) is 30.0 Å². The van der Waals surface area contributed by atoms with Gasteiger partial charge in [0.05, 0.1) is 6.20 Å². The fraction of sp³-hybridized carbons (Fsp3) is 0.643. The maximum atomic E-state index is 12.1. The highest BCUT2D eigenvalue weighted by molar-refractivity contribution is 5.91. The van der Waals surface area contributed by atoms with Gasteiger partial charge in [0.1, 0.15) is 0 Å². The molecule has 1 atom stereocenters. The maximum Gasteiger partial charge on any atom is 0.292 e. The summed E-state index contributed by atoms with van der Waals surface area (Å²) >= 11 is 0. The van der Waals surface area contributed by atoms with Crippen LogP contribution in [0.15, 0.2) is 16.8 Å². The number of piperidine rings is 1. The van der Waals surface area contributed by atoms with Crippen LogP contribution in [0.5, 0.6) is 0 Å². The number of aromatic nitrogens is 1. The lowest BCUT2D eigenvalue weighted by Gasteiger charge is -2.32. The van der Waals surface area contributed by atoms with Crippen molar-refractivity contribution in [2.75, 3.05) is 27.2 Å². The van der Waals surface area contributed by atoms with Crippen LogP contribution in [0.25, 0.3) is 0 Å². The molecule has 3 rings (SSSR count). The van der Waals surface area contributed by atoms with Crippen molar-refractivity contribution in [3.8, 4) is 0 Å². The van der Waals surface area contributed by atoms with E-state index in [-0.39, 0.29) is 28.9 Å². The van der Waals surface area contributed by atoms with E-state index < -0.39 is 0 Å². The lowest BCUT2D eigenvalue weighted by atomic mass is 9.90. The van der Waals surface area contributed by atoms with Crippen LogP contribution in [0.1, 0.15) is 29.8 Å². The van der Waals surface area contributed by atoms with Crippen molar-refractivity contribution in [2.45, 2.75) is 19.3 Å². The van der Waals surface area contributed by atoms with E-state index in [2.05, 4.69) is 5.16 Å². The first-order valence-corrected chi connectivity index (χ1v) is 6.95. The number of hydrogen-bond acceptors (Lipinski definition) is 4. The molecule has 2 fully saturated rings. The molecule has 1 aliphatic heterocycles. The van der Waals surface area contributed by atoms with Gasteiger partial charge < -0.3 is 14.3 Å². The minimum absolute atomic E-state index is 0.103. The average molecular weight is 277 g/mol. The van der Waals surface area contributed by atoms with Crippen LogP contribution >= 0.6 is 0 Å². The third-order valence-corrected chi connectivity index (χ3v) is 4.62. The molecule has 1 aromatic heterocycles. The van der Waals surface area contributed by atoms with Gasteiger partial charge in [0.15, 0.2) is 0 Å². The van der Waals surface area contributed by atoms with Gasteiger partial charge in [-0.15, -0.1) is 0 Å². The summed E-state index contributed by atoms with van der Waals surface area (Å²) in [5, 5.41) is 3.56. The van der Waals surface area contributed by atoms with Crippen LogP contribution in [0.2, 0.25) is 0 Å². The zero-order valence-corrected chi connectivity index (χ0v) is 11.8. The molecule has 2 aliphatic rings. The molecule has 20 heavy (non-hydrogen) atoms. The Morgan fingerprint density at radius 1 is 1.40 bits per heavy atom. The maximum absolute atomic E-state index is 12.1. The van der Waals surface area contributed by atoms with Gasteiger partial charge in [-0.05, 0) is 24.7 Å². The van der Waals surface area contributed by atoms with Gasteiger partial charge in [-0.3, -0.25) is 9.59 Å². The first-order chi connectivity index (χ1) is 9.53. The molecular weight excluding hydrogens is 258 g/mol. The van der Waals surface area contributed by atoms with Gasteiger partial charge in [-0.25, -0.2) is 0 Å². The molecule has 6 heteroatoms. The lowest BCUT2D eigenvalue weighted by molar-refractivity contribution is -0.131. The Bertz CT molecular complexity index is 516. The van der Waals surface area contributed by atoms with Gasteiger partial charge in [0, 0.05) is 39.2 Å². The summed E-state index contributed by atoms with van der Waals surface area (Å²) in [7, 11) is 3.60. The van der Waals surface area contributed by atoms with Gasteiger partial charge in [0.25, 0.3) is 5.91 Å². The molecule has 108 valence electrons. The third kappa shape index (κ3) is 2.09. The first-order valence-electron chi connectivity index (χ1n) is 6.95. The quantitative estimate of drug-likeness (QED) is 0.809. The minimum Gasteiger partial charge on any atom is -0.351 e. The topological polar surface area (TPSA) is 66.7 Å². The van der Waals surface area contributed by atoms with Crippen LogP contribution in [0.3, 0.4) is 0 Å². The molecule has 0 radical (unpaired) electrons.